The number of hydrogen-bond acceptors (Lipinski definition) is 3. The van der Waals surface area contributed by atoms with Gasteiger partial charge in [-0.1, -0.05) is 18.2 Å². The highest BCUT2D eigenvalue weighted by atomic mass is 16.5. The Kier molecular flexibility index (Phi) is 5.33. The number of rotatable bonds is 3. The Morgan fingerprint density at radius 1 is 0.920 bits per heavy atom. The van der Waals surface area contributed by atoms with Crippen LogP contribution < -0.4 is 9.64 Å². The molecule has 0 saturated carbocycles. The van der Waals surface area contributed by atoms with Gasteiger partial charge in [-0.25, -0.2) is 9.69 Å². The zero-order valence-electron chi connectivity index (χ0n) is 14.4. The Hall–Kier alpha value is -2.82. The smallest absolute Gasteiger partial charge is 0.331 e. The molecule has 2 aromatic rings. The molecule has 5 nitrogen and oxygen atoms in total. The van der Waals surface area contributed by atoms with Crippen molar-refractivity contribution in [2.75, 3.05) is 25.1 Å². The number of methoxy groups -OCH3 is 1. The molecule has 1 aliphatic heterocycles. The van der Waals surface area contributed by atoms with Crippen molar-refractivity contribution in [3.05, 3.63) is 60.2 Å². The van der Waals surface area contributed by atoms with E-state index in [1.54, 1.807) is 48.4 Å². The average Bonchev–Trinajstić information content (AvgIpc) is 2.69. The summed E-state index contributed by atoms with van der Waals surface area (Å²) >= 11 is 0. The van der Waals surface area contributed by atoms with Crippen LogP contribution in [-0.2, 0) is 0 Å². The molecular weight excluding hydrogens is 316 g/mol. The molecule has 0 N–H and O–H groups in total. The number of benzene rings is 2. The van der Waals surface area contributed by atoms with Gasteiger partial charge in [-0.15, -0.1) is 0 Å². The maximum Gasteiger partial charge on any atom is 0.331 e. The van der Waals surface area contributed by atoms with Crippen molar-refractivity contribution in [2.24, 2.45) is 0 Å². The first-order valence-electron chi connectivity index (χ1n) is 8.53. The summed E-state index contributed by atoms with van der Waals surface area (Å²) in [5, 5.41) is 0. The van der Waals surface area contributed by atoms with E-state index in [1.807, 2.05) is 18.2 Å². The highest BCUT2D eigenvalue weighted by Gasteiger charge is 2.29. The Labute approximate surface area is 147 Å². The van der Waals surface area contributed by atoms with Gasteiger partial charge in [-0.3, -0.25) is 4.79 Å². The van der Waals surface area contributed by atoms with Gasteiger partial charge in [0.1, 0.15) is 5.75 Å². The van der Waals surface area contributed by atoms with Gasteiger partial charge in [0.2, 0.25) is 0 Å². The van der Waals surface area contributed by atoms with Crippen molar-refractivity contribution < 1.29 is 14.3 Å². The van der Waals surface area contributed by atoms with Gasteiger partial charge in [0.05, 0.1) is 12.8 Å². The molecule has 1 heterocycles. The number of para-hydroxylation sites is 1. The predicted molar refractivity (Wildman–Crippen MR) is 97.1 cm³/mol. The van der Waals surface area contributed by atoms with E-state index in [-0.39, 0.29) is 11.9 Å². The Balaban J connectivity index is 1.92. The quantitative estimate of drug-likeness (QED) is 0.851. The van der Waals surface area contributed by atoms with Gasteiger partial charge in [-0.05, 0) is 55.7 Å². The van der Waals surface area contributed by atoms with Gasteiger partial charge in [0.15, 0.2) is 0 Å². The highest BCUT2D eigenvalue weighted by molar-refractivity contribution is 6.20. The predicted octanol–water partition coefficient (Wildman–Crippen LogP) is 3.95. The molecule has 0 bridgehead atoms. The Bertz CT molecular complexity index is 722. The summed E-state index contributed by atoms with van der Waals surface area (Å²) in [6.07, 6.45) is 3.08. The largest absolute Gasteiger partial charge is 0.497 e. The van der Waals surface area contributed by atoms with Gasteiger partial charge in [0, 0.05) is 18.7 Å². The number of likely N-dealkylation sites (tertiary alicyclic amines) is 1. The van der Waals surface area contributed by atoms with E-state index >= 15 is 0 Å². The molecule has 0 unspecified atom stereocenters. The third kappa shape index (κ3) is 3.82. The van der Waals surface area contributed by atoms with Gasteiger partial charge < -0.3 is 9.64 Å². The standard InChI is InChI=1S/C20H22N2O3/c1-25-18-12-10-16(11-13-18)19(23)22(17-8-4-2-5-9-17)20(24)21-14-6-3-7-15-21/h2,4-5,8-13H,3,6-7,14-15H2,1H3. The minimum absolute atomic E-state index is 0.258. The molecule has 5 heteroatoms. The third-order valence-corrected chi connectivity index (χ3v) is 4.37. The summed E-state index contributed by atoms with van der Waals surface area (Å²) in [5.41, 5.74) is 1.04. The molecule has 130 valence electrons. The lowest BCUT2D eigenvalue weighted by Crippen LogP contribution is -2.48. The van der Waals surface area contributed by atoms with Crippen molar-refractivity contribution in [3.63, 3.8) is 0 Å². The van der Waals surface area contributed by atoms with Crippen LogP contribution in [0.1, 0.15) is 29.6 Å². The lowest BCUT2D eigenvalue weighted by Gasteiger charge is -2.32. The first-order valence-corrected chi connectivity index (χ1v) is 8.53. The van der Waals surface area contributed by atoms with E-state index in [1.165, 1.54) is 4.90 Å². The number of imide groups is 1. The van der Waals surface area contributed by atoms with E-state index in [0.717, 1.165) is 19.3 Å². The van der Waals surface area contributed by atoms with Gasteiger partial charge >= 0.3 is 6.03 Å². The van der Waals surface area contributed by atoms with E-state index in [2.05, 4.69) is 0 Å². The number of urea groups is 1. The van der Waals surface area contributed by atoms with Crippen LogP contribution in [0.2, 0.25) is 0 Å². The Morgan fingerprint density at radius 3 is 2.16 bits per heavy atom. The number of hydrogen-bond donors (Lipinski definition) is 0. The fourth-order valence-electron chi connectivity index (χ4n) is 2.98. The molecule has 0 radical (unpaired) electrons. The maximum absolute atomic E-state index is 13.1. The normalized spacial score (nSPS) is 14.0. The second kappa shape index (κ2) is 7.83. The van der Waals surface area contributed by atoms with Crippen LogP contribution in [-0.4, -0.2) is 37.0 Å². The van der Waals surface area contributed by atoms with Crippen molar-refractivity contribution in [1.82, 2.24) is 4.90 Å². The average molecular weight is 338 g/mol. The molecule has 3 amide bonds. The van der Waals surface area contributed by atoms with Crippen LogP contribution in [0.3, 0.4) is 0 Å². The monoisotopic (exact) mass is 338 g/mol. The molecule has 25 heavy (non-hydrogen) atoms. The molecule has 0 aliphatic carbocycles. The number of anilines is 1. The molecule has 0 aromatic heterocycles. The SMILES string of the molecule is COc1ccc(C(=O)N(C(=O)N2CCCCC2)c2ccccc2)cc1. The second-order valence-electron chi connectivity index (χ2n) is 6.03. The van der Waals surface area contributed by atoms with Crippen LogP contribution in [0.25, 0.3) is 0 Å². The van der Waals surface area contributed by atoms with Crippen LogP contribution in [0, 0.1) is 0 Å². The van der Waals surface area contributed by atoms with Crippen LogP contribution in [0.15, 0.2) is 54.6 Å². The van der Waals surface area contributed by atoms with E-state index in [0.29, 0.717) is 30.1 Å². The molecule has 1 aliphatic rings. The molecule has 0 atom stereocenters. The highest BCUT2D eigenvalue weighted by Crippen LogP contribution is 2.22. The molecule has 1 fully saturated rings. The topological polar surface area (TPSA) is 49.9 Å². The number of ether oxygens (including phenoxy) is 1. The van der Waals surface area contributed by atoms with Crippen molar-refractivity contribution >= 4 is 17.6 Å². The van der Waals surface area contributed by atoms with Crippen LogP contribution in [0.5, 0.6) is 5.75 Å². The summed E-state index contributed by atoms with van der Waals surface area (Å²) in [6, 6.07) is 15.6. The summed E-state index contributed by atoms with van der Waals surface area (Å²) in [4.78, 5) is 29.1. The lowest BCUT2D eigenvalue weighted by atomic mass is 10.1. The van der Waals surface area contributed by atoms with Gasteiger partial charge in [-0.2, -0.15) is 0 Å². The number of amides is 3. The van der Waals surface area contributed by atoms with Crippen molar-refractivity contribution in [3.8, 4) is 5.75 Å². The van der Waals surface area contributed by atoms with Crippen molar-refractivity contribution in [1.29, 1.82) is 0 Å². The fraction of sp³-hybridized carbons (Fsp3) is 0.300. The third-order valence-electron chi connectivity index (χ3n) is 4.37. The molecule has 3 rings (SSSR count). The summed E-state index contributed by atoms with van der Waals surface area (Å²) in [5.74, 6) is 0.342. The fourth-order valence-corrected chi connectivity index (χ4v) is 2.98. The first-order chi connectivity index (χ1) is 12.2. The zero-order chi connectivity index (χ0) is 17.6. The van der Waals surface area contributed by atoms with Gasteiger partial charge in [0.25, 0.3) is 5.91 Å². The first kappa shape index (κ1) is 17.0. The summed E-state index contributed by atoms with van der Waals surface area (Å²) < 4.78 is 5.14. The van der Waals surface area contributed by atoms with Crippen LogP contribution in [0.4, 0.5) is 10.5 Å². The molecule has 1 saturated heterocycles. The maximum atomic E-state index is 13.1. The number of nitrogens with zero attached hydrogens (tertiary/aromatic N) is 2. The second-order valence-corrected chi connectivity index (χ2v) is 6.03. The van der Waals surface area contributed by atoms with Crippen LogP contribution >= 0.6 is 0 Å². The molecule has 0 spiro atoms. The van der Waals surface area contributed by atoms with Crippen molar-refractivity contribution in [2.45, 2.75) is 19.3 Å². The van der Waals surface area contributed by atoms with E-state index in [4.69, 9.17) is 4.74 Å². The minimum Gasteiger partial charge on any atom is -0.497 e. The number of piperidine rings is 1. The number of carbonyl (C=O) groups excluding carboxylic acids is 2. The van der Waals surface area contributed by atoms with E-state index in [9.17, 15) is 9.59 Å². The zero-order valence-corrected chi connectivity index (χ0v) is 14.4. The lowest BCUT2D eigenvalue weighted by molar-refractivity contribution is 0.0983. The molecule has 2 aromatic carbocycles. The molecular formula is C20H22N2O3. The van der Waals surface area contributed by atoms with E-state index < -0.39 is 0 Å². The summed E-state index contributed by atoms with van der Waals surface area (Å²) in [6.45, 7) is 1.39. The Morgan fingerprint density at radius 2 is 1.56 bits per heavy atom. The number of carbonyl (C=O) groups is 2. The summed E-state index contributed by atoms with van der Waals surface area (Å²) in [7, 11) is 1.58. The minimum atomic E-state index is -0.329.